The van der Waals surface area contributed by atoms with Crippen molar-refractivity contribution < 1.29 is 14.6 Å². The molecule has 1 heterocycles. The molecule has 0 bridgehead atoms. The highest BCUT2D eigenvalue weighted by molar-refractivity contribution is 5.96. The van der Waals surface area contributed by atoms with Crippen molar-refractivity contribution in [2.45, 2.75) is 19.8 Å². The lowest BCUT2D eigenvalue weighted by atomic mass is 10.2. The SMILES string of the molecule is CCCCNC(=O)c1c(O)n(-c2ccccc2OC)c(=O)[nH]c1=O. The molecule has 0 saturated carbocycles. The number of H-pyrrole nitrogens is 1. The number of methoxy groups -OCH3 is 1. The van der Waals surface area contributed by atoms with Crippen molar-refractivity contribution in [3.05, 3.63) is 50.7 Å². The van der Waals surface area contributed by atoms with Crippen LogP contribution < -0.4 is 21.3 Å². The summed E-state index contributed by atoms with van der Waals surface area (Å²) in [5.74, 6) is -1.17. The monoisotopic (exact) mass is 333 g/mol. The minimum Gasteiger partial charge on any atom is -0.495 e. The van der Waals surface area contributed by atoms with Crippen LogP contribution >= 0.6 is 0 Å². The fraction of sp³-hybridized carbons (Fsp3) is 0.312. The number of aromatic hydroxyl groups is 1. The summed E-state index contributed by atoms with van der Waals surface area (Å²) in [5.41, 5.74) is -2.12. The number of carbonyl (C=O) groups is 1. The van der Waals surface area contributed by atoms with E-state index in [1.165, 1.54) is 13.2 Å². The Morgan fingerprint density at radius 2 is 2.04 bits per heavy atom. The molecule has 2 rings (SSSR count). The van der Waals surface area contributed by atoms with Gasteiger partial charge in [0.2, 0.25) is 5.88 Å². The number of aromatic nitrogens is 2. The lowest BCUT2D eigenvalue weighted by Crippen LogP contribution is -2.37. The first kappa shape index (κ1) is 17.3. The normalized spacial score (nSPS) is 10.4. The Morgan fingerprint density at radius 1 is 1.33 bits per heavy atom. The van der Waals surface area contributed by atoms with Gasteiger partial charge in [-0.2, -0.15) is 0 Å². The Balaban J connectivity index is 2.59. The molecule has 0 unspecified atom stereocenters. The van der Waals surface area contributed by atoms with Gasteiger partial charge in [0.25, 0.3) is 11.5 Å². The van der Waals surface area contributed by atoms with Gasteiger partial charge in [-0.25, -0.2) is 9.36 Å². The van der Waals surface area contributed by atoms with Gasteiger partial charge in [-0.3, -0.25) is 14.6 Å². The average molecular weight is 333 g/mol. The van der Waals surface area contributed by atoms with Crippen LogP contribution in [-0.2, 0) is 0 Å². The second-order valence-electron chi connectivity index (χ2n) is 5.07. The predicted octanol–water partition coefficient (Wildman–Crippen LogP) is 0.770. The molecular weight excluding hydrogens is 314 g/mol. The molecule has 8 nitrogen and oxygen atoms in total. The van der Waals surface area contributed by atoms with E-state index in [1.807, 2.05) is 11.9 Å². The third-order valence-corrected chi connectivity index (χ3v) is 3.46. The van der Waals surface area contributed by atoms with Gasteiger partial charge >= 0.3 is 5.69 Å². The molecule has 1 amide bonds. The molecule has 0 aliphatic rings. The number of hydrogen-bond donors (Lipinski definition) is 3. The standard InChI is InChI=1S/C16H19N3O5/c1-3-4-9-17-13(20)12-14(21)18-16(23)19(15(12)22)10-7-5-6-8-11(10)24-2/h5-8,22H,3-4,9H2,1-2H3,(H,17,20)(H,18,21,23). The molecule has 0 fully saturated rings. The molecule has 0 aliphatic carbocycles. The molecule has 0 saturated heterocycles. The van der Waals surface area contributed by atoms with Crippen LogP contribution in [-0.4, -0.2) is 34.2 Å². The maximum Gasteiger partial charge on any atom is 0.335 e. The van der Waals surface area contributed by atoms with Crippen LogP contribution in [0.2, 0.25) is 0 Å². The number of aromatic amines is 1. The van der Waals surface area contributed by atoms with Crippen molar-refractivity contribution in [2.24, 2.45) is 0 Å². The van der Waals surface area contributed by atoms with Crippen molar-refractivity contribution in [1.29, 1.82) is 0 Å². The summed E-state index contributed by atoms with van der Waals surface area (Å²) in [6, 6.07) is 6.44. The summed E-state index contributed by atoms with van der Waals surface area (Å²) in [5, 5.41) is 12.9. The van der Waals surface area contributed by atoms with Crippen LogP contribution in [0.4, 0.5) is 0 Å². The zero-order valence-corrected chi connectivity index (χ0v) is 13.5. The van der Waals surface area contributed by atoms with Crippen molar-refractivity contribution in [3.8, 4) is 17.3 Å². The lowest BCUT2D eigenvalue weighted by Gasteiger charge is -2.14. The molecular formula is C16H19N3O5. The van der Waals surface area contributed by atoms with Crippen molar-refractivity contribution in [3.63, 3.8) is 0 Å². The number of nitrogens with zero attached hydrogens (tertiary/aromatic N) is 1. The van der Waals surface area contributed by atoms with Gasteiger partial charge in [0.1, 0.15) is 5.75 Å². The van der Waals surface area contributed by atoms with Crippen LogP contribution in [0.15, 0.2) is 33.9 Å². The Bertz CT molecular complexity index is 854. The lowest BCUT2D eigenvalue weighted by molar-refractivity contribution is 0.0947. The summed E-state index contributed by atoms with van der Waals surface area (Å²) in [6.45, 7) is 2.32. The van der Waals surface area contributed by atoms with E-state index in [1.54, 1.807) is 18.2 Å². The minimum absolute atomic E-state index is 0.210. The number of nitrogens with one attached hydrogen (secondary N) is 2. The zero-order valence-electron chi connectivity index (χ0n) is 13.5. The van der Waals surface area contributed by atoms with Gasteiger partial charge in [-0.1, -0.05) is 25.5 Å². The van der Waals surface area contributed by atoms with Crippen LogP contribution in [0, 0.1) is 0 Å². The molecule has 8 heteroatoms. The van der Waals surface area contributed by atoms with Gasteiger partial charge in [0, 0.05) is 6.54 Å². The van der Waals surface area contributed by atoms with Crippen LogP contribution in [0.1, 0.15) is 30.1 Å². The Morgan fingerprint density at radius 3 is 2.71 bits per heavy atom. The molecule has 2 aromatic rings. The van der Waals surface area contributed by atoms with E-state index in [9.17, 15) is 19.5 Å². The highest BCUT2D eigenvalue weighted by Crippen LogP contribution is 2.24. The van der Waals surface area contributed by atoms with Gasteiger partial charge in [0.05, 0.1) is 12.8 Å². The van der Waals surface area contributed by atoms with Gasteiger partial charge < -0.3 is 15.2 Å². The summed E-state index contributed by atoms with van der Waals surface area (Å²) in [6.07, 6.45) is 1.60. The van der Waals surface area contributed by atoms with E-state index in [-0.39, 0.29) is 5.69 Å². The summed E-state index contributed by atoms with van der Waals surface area (Å²) in [4.78, 5) is 38.3. The number of para-hydroxylation sites is 2. The third kappa shape index (κ3) is 3.32. The average Bonchev–Trinajstić information content (AvgIpc) is 2.55. The van der Waals surface area contributed by atoms with E-state index in [2.05, 4.69) is 5.32 Å². The Hall–Kier alpha value is -3.03. The largest absolute Gasteiger partial charge is 0.495 e. The number of carbonyl (C=O) groups excluding carboxylic acids is 1. The second kappa shape index (κ2) is 7.49. The van der Waals surface area contributed by atoms with E-state index in [0.717, 1.165) is 17.4 Å². The van der Waals surface area contributed by atoms with Gasteiger partial charge in [0.15, 0.2) is 5.56 Å². The highest BCUT2D eigenvalue weighted by atomic mass is 16.5. The van der Waals surface area contributed by atoms with Crippen LogP contribution in [0.5, 0.6) is 11.6 Å². The fourth-order valence-corrected chi connectivity index (χ4v) is 2.23. The topological polar surface area (TPSA) is 113 Å². The minimum atomic E-state index is -0.947. The Labute approximate surface area is 137 Å². The number of amides is 1. The zero-order chi connectivity index (χ0) is 17.7. The molecule has 3 N–H and O–H groups in total. The molecule has 24 heavy (non-hydrogen) atoms. The number of unbranched alkanes of at least 4 members (excludes halogenated alkanes) is 1. The first-order valence-corrected chi connectivity index (χ1v) is 7.51. The molecule has 1 aromatic heterocycles. The summed E-state index contributed by atoms with van der Waals surface area (Å²) >= 11 is 0. The maximum absolute atomic E-state index is 12.2. The summed E-state index contributed by atoms with van der Waals surface area (Å²) in [7, 11) is 1.41. The van der Waals surface area contributed by atoms with E-state index in [4.69, 9.17) is 4.74 Å². The quantitative estimate of drug-likeness (QED) is 0.676. The van der Waals surface area contributed by atoms with Crippen molar-refractivity contribution in [1.82, 2.24) is 14.9 Å². The second-order valence-corrected chi connectivity index (χ2v) is 5.07. The first-order chi connectivity index (χ1) is 11.5. The van der Waals surface area contributed by atoms with Crippen LogP contribution in [0.3, 0.4) is 0 Å². The van der Waals surface area contributed by atoms with E-state index in [0.29, 0.717) is 12.3 Å². The number of benzene rings is 1. The van der Waals surface area contributed by atoms with Crippen molar-refractivity contribution in [2.75, 3.05) is 13.7 Å². The maximum atomic E-state index is 12.2. The molecule has 1 aromatic carbocycles. The molecule has 0 spiro atoms. The smallest absolute Gasteiger partial charge is 0.335 e. The highest BCUT2D eigenvalue weighted by Gasteiger charge is 2.22. The van der Waals surface area contributed by atoms with Crippen molar-refractivity contribution >= 4 is 5.91 Å². The third-order valence-electron chi connectivity index (χ3n) is 3.46. The van der Waals surface area contributed by atoms with Gasteiger partial charge in [-0.15, -0.1) is 0 Å². The fourth-order valence-electron chi connectivity index (χ4n) is 2.23. The first-order valence-electron chi connectivity index (χ1n) is 7.51. The molecule has 0 radical (unpaired) electrons. The van der Waals surface area contributed by atoms with E-state index >= 15 is 0 Å². The van der Waals surface area contributed by atoms with Gasteiger partial charge in [-0.05, 0) is 18.6 Å². The number of ether oxygens (including phenoxy) is 1. The Kier molecular flexibility index (Phi) is 5.41. The molecule has 0 aliphatic heterocycles. The molecule has 0 atom stereocenters. The molecule has 128 valence electrons. The summed E-state index contributed by atoms with van der Waals surface area (Å²) < 4.78 is 5.98. The number of rotatable bonds is 6. The van der Waals surface area contributed by atoms with E-state index < -0.39 is 28.6 Å². The number of hydrogen-bond acceptors (Lipinski definition) is 5. The predicted molar refractivity (Wildman–Crippen MR) is 88.1 cm³/mol. The van der Waals surface area contributed by atoms with Crippen LogP contribution in [0.25, 0.3) is 5.69 Å².